The molecule has 3 rings (SSSR count). The summed E-state index contributed by atoms with van der Waals surface area (Å²) in [7, 11) is -3.63. The van der Waals surface area contributed by atoms with Crippen LogP contribution in [0, 0.1) is 0 Å². The van der Waals surface area contributed by atoms with Crippen LogP contribution in [-0.4, -0.2) is 57.5 Å². The van der Waals surface area contributed by atoms with Gasteiger partial charge in [-0.1, -0.05) is 30.3 Å². The minimum Gasteiger partial charge on any atom is -0.466 e. The molecule has 1 N–H and O–H groups in total. The lowest BCUT2D eigenvalue weighted by atomic mass is 10.0. The van der Waals surface area contributed by atoms with Crippen molar-refractivity contribution in [1.29, 1.82) is 0 Å². The minimum atomic E-state index is -3.63. The predicted octanol–water partition coefficient (Wildman–Crippen LogP) is 2.13. The van der Waals surface area contributed by atoms with Crippen LogP contribution in [0.1, 0.15) is 35.3 Å². The van der Waals surface area contributed by atoms with Gasteiger partial charge >= 0.3 is 5.97 Å². The number of sulfonamides is 1. The van der Waals surface area contributed by atoms with Gasteiger partial charge in [-0.2, -0.15) is 4.31 Å². The number of amides is 1. The molecule has 1 unspecified atom stereocenters. The van der Waals surface area contributed by atoms with Crippen LogP contribution in [0.2, 0.25) is 0 Å². The molecule has 1 aliphatic heterocycles. The third-order valence-corrected chi connectivity index (χ3v) is 6.82. The van der Waals surface area contributed by atoms with E-state index in [1.807, 2.05) is 30.3 Å². The molecule has 0 spiro atoms. The summed E-state index contributed by atoms with van der Waals surface area (Å²) in [5, 5.41) is 2.84. The van der Waals surface area contributed by atoms with Crippen molar-refractivity contribution in [3.8, 4) is 0 Å². The highest BCUT2D eigenvalue weighted by atomic mass is 32.2. The van der Waals surface area contributed by atoms with Crippen molar-refractivity contribution >= 4 is 21.9 Å². The van der Waals surface area contributed by atoms with E-state index in [-0.39, 0.29) is 17.9 Å². The predicted molar refractivity (Wildman–Crippen MR) is 114 cm³/mol. The first-order valence-corrected chi connectivity index (χ1v) is 11.5. The summed E-state index contributed by atoms with van der Waals surface area (Å²) < 4.78 is 37.1. The Bertz CT molecular complexity index is 986. The van der Waals surface area contributed by atoms with Crippen molar-refractivity contribution in [2.75, 3.05) is 32.9 Å². The molecule has 8 nitrogen and oxygen atoms in total. The Balaban J connectivity index is 1.74. The zero-order valence-corrected chi connectivity index (χ0v) is 18.1. The van der Waals surface area contributed by atoms with E-state index in [1.165, 1.54) is 28.6 Å². The van der Waals surface area contributed by atoms with Crippen LogP contribution in [0.15, 0.2) is 59.5 Å². The Hall–Kier alpha value is -2.75. The third-order valence-electron chi connectivity index (χ3n) is 4.91. The number of esters is 1. The Morgan fingerprint density at radius 3 is 2.32 bits per heavy atom. The maximum Gasteiger partial charge on any atom is 0.308 e. The summed E-state index contributed by atoms with van der Waals surface area (Å²) >= 11 is 0. The van der Waals surface area contributed by atoms with Gasteiger partial charge in [0.05, 0.1) is 37.2 Å². The maximum absolute atomic E-state index is 12.8. The molecule has 0 aliphatic carbocycles. The molecule has 166 valence electrons. The molecular formula is C22H26N2O6S. The summed E-state index contributed by atoms with van der Waals surface area (Å²) in [5.41, 5.74) is 1.07. The second-order valence-electron chi connectivity index (χ2n) is 6.99. The molecule has 1 atom stereocenters. The van der Waals surface area contributed by atoms with Crippen LogP contribution >= 0.6 is 0 Å². The SMILES string of the molecule is CCOC(=O)CC(NC(=O)c1ccc(S(=O)(=O)N2CCOCC2)cc1)c1ccccc1. The van der Waals surface area contributed by atoms with Gasteiger partial charge in [0.1, 0.15) is 0 Å². The highest BCUT2D eigenvalue weighted by molar-refractivity contribution is 7.89. The van der Waals surface area contributed by atoms with E-state index in [9.17, 15) is 18.0 Å². The molecule has 0 bridgehead atoms. The van der Waals surface area contributed by atoms with E-state index in [1.54, 1.807) is 6.92 Å². The van der Waals surface area contributed by atoms with Gasteiger partial charge in [0.15, 0.2) is 0 Å². The van der Waals surface area contributed by atoms with Crippen LogP contribution in [0.4, 0.5) is 0 Å². The highest BCUT2D eigenvalue weighted by Gasteiger charge is 2.26. The smallest absolute Gasteiger partial charge is 0.308 e. The Labute approximate surface area is 182 Å². The molecule has 1 amide bonds. The number of carbonyl (C=O) groups is 2. The average molecular weight is 447 g/mol. The fourth-order valence-corrected chi connectivity index (χ4v) is 4.69. The number of hydrogen-bond acceptors (Lipinski definition) is 6. The largest absolute Gasteiger partial charge is 0.466 e. The standard InChI is InChI=1S/C22H26N2O6S/c1-2-30-21(25)16-20(17-6-4-3-5-7-17)23-22(26)18-8-10-19(11-9-18)31(27,28)24-12-14-29-15-13-24/h3-11,20H,2,12-16H2,1H3,(H,23,26). The molecule has 2 aromatic carbocycles. The minimum absolute atomic E-state index is 0.00686. The van der Waals surface area contributed by atoms with Gasteiger partial charge < -0.3 is 14.8 Å². The van der Waals surface area contributed by atoms with Gasteiger partial charge in [-0.25, -0.2) is 8.42 Å². The van der Waals surface area contributed by atoms with Gasteiger partial charge in [0.2, 0.25) is 10.0 Å². The molecule has 0 saturated carbocycles. The molecule has 9 heteroatoms. The number of nitrogens with zero attached hydrogens (tertiary/aromatic N) is 1. The van der Waals surface area contributed by atoms with Crippen molar-refractivity contribution in [3.05, 3.63) is 65.7 Å². The van der Waals surface area contributed by atoms with Crippen molar-refractivity contribution in [3.63, 3.8) is 0 Å². The van der Waals surface area contributed by atoms with Crippen molar-refractivity contribution in [2.24, 2.45) is 0 Å². The molecule has 1 heterocycles. The van der Waals surface area contributed by atoms with Crippen molar-refractivity contribution in [1.82, 2.24) is 9.62 Å². The summed E-state index contributed by atoms with van der Waals surface area (Å²) in [6, 6.07) is 14.3. The van der Waals surface area contributed by atoms with Crippen LogP contribution in [0.5, 0.6) is 0 Å². The van der Waals surface area contributed by atoms with Gasteiger partial charge in [-0.15, -0.1) is 0 Å². The Morgan fingerprint density at radius 1 is 1.06 bits per heavy atom. The monoisotopic (exact) mass is 446 g/mol. The van der Waals surface area contributed by atoms with Crippen LogP contribution in [0.25, 0.3) is 0 Å². The molecule has 0 radical (unpaired) electrons. The van der Waals surface area contributed by atoms with Crippen molar-refractivity contribution in [2.45, 2.75) is 24.3 Å². The normalized spacial score (nSPS) is 15.8. The number of carbonyl (C=O) groups excluding carboxylic acids is 2. The van der Waals surface area contributed by atoms with Gasteiger partial charge in [0.25, 0.3) is 5.91 Å². The Morgan fingerprint density at radius 2 is 1.71 bits per heavy atom. The quantitative estimate of drug-likeness (QED) is 0.624. The zero-order valence-electron chi connectivity index (χ0n) is 17.3. The van der Waals surface area contributed by atoms with Gasteiger partial charge in [-0.05, 0) is 36.8 Å². The fraction of sp³-hybridized carbons (Fsp3) is 0.364. The number of morpholine rings is 1. The molecule has 1 aliphatic rings. The Kier molecular flexibility index (Phi) is 7.78. The first-order chi connectivity index (χ1) is 14.9. The lowest BCUT2D eigenvalue weighted by Gasteiger charge is -2.26. The lowest BCUT2D eigenvalue weighted by molar-refractivity contribution is -0.143. The van der Waals surface area contributed by atoms with Crippen LogP contribution in [0.3, 0.4) is 0 Å². The summed E-state index contributed by atoms with van der Waals surface area (Å²) in [6.07, 6.45) is -0.00686. The van der Waals surface area contributed by atoms with E-state index in [0.717, 1.165) is 5.56 Å². The van der Waals surface area contributed by atoms with Gasteiger partial charge in [-0.3, -0.25) is 9.59 Å². The van der Waals surface area contributed by atoms with E-state index in [0.29, 0.717) is 31.9 Å². The van der Waals surface area contributed by atoms with Crippen molar-refractivity contribution < 1.29 is 27.5 Å². The highest BCUT2D eigenvalue weighted by Crippen LogP contribution is 2.20. The number of rotatable bonds is 8. The van der Waals surface area contributed by atoms with Gasteiger partial charge in [0, 0.05) is 18.7 Å². The average Bonchev–Trinajstić information content (AvgIpc) is 2.80. The summed E-state index contributed by atoms with van der Waals surface area (Å²) in [4.78, 5) is 24.9. The zero-order chi connectivity index (χ0) is 22.3. The first-order valence-electron chi connectivity index (χ1n) is 10.1. The lowest BCUT2D eigenvalue weighted by Crippen LogP contribution is -2.40. The third kappa shape index (κ3) is 5.90. The number of hydrogen-bond donors (Lipinski definition) is 1. The topological polar surface area (TPSA) is 102 Å². The maximum atomic E-state index is 12.8. The van der Waals surface area contributed by atoms with E-state index < -0.39 is 27.9 Å². The second-order valence-corrected chi connectivity index (χ2v) is 8.92. The van der Waals surface area contributed by atoms with Crippen LogP contribution in [-0.2, 0) is 24.3 Å². The summed E-state index contributed by atoms with van der Waals surface area (Å²) in [6.45, 7) is 3.31. The molecular weight excluding hydrogens is 420 g/mol. The van der Waals surface area contributed by atoms with E-state index in [4.69, 9.17) is 9.47 Å². The van der Waals surface area contributed by atoms with Crippen LogP contribution < -0.4 is 5.32 Å². The second kappa shape index (κ2) is 10.5. The molecule has 1 saturated heterocycles. The number of nitrogens with one attached hydrogen (secondary N) is 1. The van der Waals surface area contributed by atoms with E-state index in [2.05, 4.69) is 5.32 Å². The summed E-state index contributed by atoms with van der Waals surface area (Å²) in [5.74, 6) is -0.822. The first kappa shape index (κ1) is 22.9. The molecule has 1 fully saturated rings. The molecule has 0 aromatic heterocycles. The number of benzene rings is 2. The molecule has 2 aromatic rings. The molecule has 31 heavy (non-hydrogen) atoms. The number of ether oxygens (including phenoxy) is 2. The van der Waals surface area contributed by atoms with E-state index >= 15 is 0 Å². The fourth-order valence-electron chi connectivity index (χ4n) is 3.28.